The Morgan fingerprint density at radius 1 is 1.00 bits per heavy atom. The zero-order chi connectivity index (χ0) is 14.8. The summed E-state index contributed by atoms with van der Waals surface area (Å²) in [5.41, 5.74) is -0.840. The van der Waals surface area contributed by atoms with Crippen molar-refractivity contribution in [3.63, 3.8) is 0 Å². The van der Waals surface area contributed by atoms with E-state index < -0.39 is 17.5 Å². The number of alkyl halides is 3. The molecule has 2 aromatic rings. The summed E-state index contributed by atoms with van der Waals surface area (Å²) >= 11 is 0. The van der Waals surface area contributed by atoms with Crippen molar-refractivity contribution in [1.82, 2.24) is 0 Å². The normalized spacial score (nSPS) is 11.3. The number of aromatic hydroxyl groups is 2. The molecule has 0 aromatic heterocycles. The van der Waals surface area contributed by atoms with Gasteiger partial charge in [0.05, 0.1) is 5.56 Å². The van der Waals surface area contributed by atoms with Crippen molar-refractivity contribution in [3.8, 4) is 17.2 Å². The van der Waals surface area contributed by atoms with Crippen molar-refractivity contribution >= 4 is 0 Å². The molecule has 0 aliphatic heterocycles. The van der Waals surface area contributed by atoms with Crippen LogP contribution in [0.15, 0.2) is 42.5 Å². The summed E-state index contributed by atoms with van der Waals surface area (Å²) in [6.45, 7) is -0.104. The molecule has 0 amide bonds. The number of rotatable bonds is 3. The minimum absolute atomic E-state index is 0.00388. The van der Waals surface area contributed by atoms with Gasteiger partial charge in [0.25, 0.3) is 0 Å². The van der Waals surface area contributed by atoms with Crippen molar-refractivity contribution in [1.29, 1.82) is 0 Å². The van der Waals surface area contributed by atoms with Crippen LogP contribution in [0.3, 0.4) is 0 Å². The average Bonchev–Trinajstić information content (AvgIpc) is 2.36. The fourth-order valence-corrected chi connectivity index (χ4v) is 1.64. The molecule has 0 radical (unpaired) electrons. The molecule has 0 unspecified atom stereocenters. The Labute approximate surface area is 112 Å². The highest BCUT2D eigenvalue weighted by molar-refractivity contribution is 5.38. The number of phenolic OH excluding ortho intramolecular Hbond substituents is 2. The lowest BCUT2D eigenvalue weighted by atomic mass is 10.1. The van der Waals surface area contributed by atoms with E-state index in [9.17, 15) is 23.4 Å². The van der Waals surface area contributed by atoms with Crippen LogP contribution in [-0.4, -0.2) is 10.2 Å². The fraction of sp³-hybridized carbons (Fsp3) is 0.143. The van der Waals surface area contributed by atoms with Crippen LogP contribution in [0, 0.1) is 0 Å². The molecule has 0 saturated heterocycles. The highest BCUT2D eigenvalue weighted by atomic mass is 19.4. The van der Waals surface area contributed by atoms with Gasteiger partial charge in [-0.1, -0.05) is 12.1 Å². The van der Waals surface area contributed by atoms with Gasteiger partial charge in [0, 0.05) is 6.07 Å². The number of benzene rings is 2. The van der Waals surface area contributed by atoms with Gasteiger partial charge in [-0.25, -0.2) is 0 Å². The second-order valence-electron chi connectivity index (χ2n) is 4.14. The fourth-order valence-electron chi connectivity index (χ4n) is 1.64. The zero-order valence-corrected chi connectivity index (χ0v) is 10.2. The van der Waals surface area contributed by atoms with Crippen LogP contribution in [0.25, 0.3) is 0 Å². The van der Waals surface area contributed by atoms with Crippen molar-refractivity contribution < 1.29 is 28.1 Å². The van der Waals surface area contributed by atoms with Gasteiger partial charge < -0.3 is 14.9 Å². The Hall–Kier alpha value is -2.37. The molecule has 106 valence electrons. The molecule has 20 heavy (non-hydrogen) atoms. The summed E-state index contributed by atoms with van der Waals surface area (Å²) < 4.78 is 43.1. The maximum absolute atomic E-state index is 12.6. The van der Waals surface area contributed by atoms with E-state index in [1.165, 1.54) is 18.2 Å². The molecule has 0 aliphatic rings. The molecule has 0 saturated carbocycles. The predicted octanol–water partition coefficient (Wildman–Crippen LogP) is 3.70. The first-order valence-electron chi connectivity index (χ1n) is 5.67. The SMILES string of the molecule is Oc1cccc(OCc2ccc(O)c(C(F)(F)F)c2)c1. The molecule has 2 rings (SSSR count). The molecule has 0 bridgehead atoms. The third-order valence-electron chi connectivity index (χ3n) is 2.59. The number of hydrogen-bond acceptors (Lipinski definition) is 3. The first kappa shape index (κ1) is 14.0. The summed E-state index contributed by atoms with van der Waals surface area (Å²) in [6.07, 6.45) is -4.62. The van der Waals surface area contributed by atoms with Gasteiger partial charge in [0.1, 0.15) is 23.9 Å². The highest BCUT2D eigenvalue weighted by Gasteiger charge is 2.33. The summed E-state index contributed by atoms with van der Waals surface area (Å²) in [4.78, 5) is 0. The Morgan fingerprint density at radius 2 is 1.75 bits per heavy atom. The second-order valence-corrected chi connectivity index (χ2v) is 4.14. The Bertz CT molecular complexity index is 609. The quantitative estimate of drug-likeness (QED) is 0.903. The van der Waals surface area contributed by atoms with Gasteiger partial charge in [-0.15, -0.1) is 0 Å². The zero-order valence-electron chi connectivity index (χ0n) is 10.2. The van der Waals surface area contributed by atoms with Crippen LogP contribution in [0.1, 0.15) is 11.1 Å². The third kappa shape index (κ3) is 3.34. The maximum atomic E-state index is 12.6. The first-order chi connectivity index (χ1) is 9.36. The molecule has 0 atom stereocenters. The Balaban J connectivity index is 2.14. The van der Waals surface area contributed by atoms with Crippen molar-refractivity contribution in [2.75, 3.05) is 0 Å². The standard InChI is InChI=1S/C14H11F3O3/c15-14(16,17)12-6-9(4-5-13(12)19)8-20-11-3-1-2-10(18)7-11/h1-7,18-19H,8H2. The van der Waals surface area contributed by atoms with Crippen LogP contribution >= 0.6 is 0 Å². The van der Waals surface area contributed by atoms with E-state index in [1.807, 2.05) is 0 Å². The van der Waals surface area contributed by atoms with E-state index >= 15 is 0 Å². The predicted molar refractivity (Wildman–Crippen MR) is 65.5 cm³/mol. The first-order valence-corrected chi connectivity index (χ1v) is 5.67. The summed E-state index contributed by atoms with van der Waals surface area (Å²) in [6, 6.07) is 9.09. The van der Waals surface area contributed by atoms with Crippen LogP contribution in [0.4, 0.5) is 13.2 Å². The van der Waals surface area contributed by atoms with Crippen molar-refractivity contribution in [2.45, 2.75) is 12.8 Å². The van der Waals surface area contributed by atoms with Gasteiger partial charge in [0.2, 0.25) is 0 Å². The summed E-state index contributed by atoms with van der Waals surface area (Å²) in [5.74, 6) is -0.477. The maximum Gasteiger partial charge on any atom is 0.419 e. The molecule has 0 fully saturated rings. The number of ether oxygens (including phenoxy) is 1. The van der Waals surface area contributed by atoms with Crippen molar-refractivity contribution in [3.05, 3.63) is 53.6 Å². The Kier molecular flexibility index (Phi) is 3.74. The van der Waals surface area contributed by atoms with Crippen LogP contribution in [-0.2, 0) is 12.8 Å². The lowest BCUT2D eigenvalue weighted by Crippen LogP contribution is -2.06. The summed E-state index contributed by atoms with van der Waals surface area (Å²) in [7, 11) is 0. The topological polar surface area (TPSA) is 49.7 Å². The minimum atomic E-state index is -4.62. The van der Waals surface area contributed by atoms with Crippen LogP contribution < -0.4 is 4.74 Å². The van der Waals surface area contributed by atoms with E-state index in [0.29, 0.717) is 5.75 Å². The van der Waals surface area contributed by atoms with Gasteiger partial charge >= 0.3 is 6.18 Å². The van der Waals surface area contributed by atoms with Gasteiger partial charge in [-0.3, -0.25) is 0 Å². The second kappa shape index (κ2) is 5.32. The monoisotopic (exact) mass is 284 g/mol. The highest BCUT2D eigenvalue weighted by Crippen LogP contribution is 2.36. The van der Waals surface area contributed by atoms with E-state index in [1.54, 1.807) is 12.1 Å². The van der Waals surface area contributed by atoms with Gasteiger partial charge in [-0.2, -0.15) is 13.2 Å². The van der Waals surface area contributed by atoms with Gasteiger partial charge in [0.15, 0.2) is 0 Å². The van der Waals surface area contributed by atoms with Crippen LogP contribution in [0.2, 0.25) is 0 Å². The molecule has 2 N–H and O–H groups in total. The van der Waals surface area contributed by atoms with E-state index in [4.69, 9.17) is 4.74 Å². The van der Waals surface area contributed by atoms with E-state index in [0.717, 1.165) is 12.1 Å². The lowest BCUT2D eigenvalue weighted by molar-refractivity contribution is -0.138. The number of phenols is 2. The number of halogens is 3. The molecular weight excluding hydrogens is 273 g/mol. The summed E-state index contributed by atoms with van der Waals surface area (Å²) in [5, 5.41) is 18.4. The molecule has 3 nitrogen and oxygen atoms in total. The Morgan fingerprint density at radius 3 is 2.40 bits per heavy atom. The third-order valence-corrected chi connectivity index (χ3v) is 2.59. The molecule has 0 heterocycles. The van der Waals surface area contributed by atoms with Crippen LogP contribution in [0.5, 0.6) is 17.2 Å². The van der Waals surface area contributed by atoms with E-state index in [-0.39, 0.29) is 17.9 Å². The average molecular weight is 284 g/mol. The lowest BCUT2D eigenvalue weighted by Gasteiger charge is -2.11. The molecule has 0 aliphatic carbocycles. The van der Waals surface area contributed by atoms with Crippen molar-refractivity contribution in [2.24, 2.45) is 0 Å². The van der Waals surface area contributed by atoms with Gasteiger partial charge in [-0.05, 0) is 29.8 Å². The number of hydrogen-bond donors (Lipinski definition) is 2. The molecule has 0 spiro atoms. The smallest absolute Gasteiger partial charge is 0.419 e. The molecular formula is C14H11F3O3. The minimum Gasteiger partial charge on any atom is -0.508 e. The van der Waals surface area contributed by atoms with E-state index in [2.05, 4.69) is 0 Å². The molecule has 6 heteroatoms. The largest absolute Gasteiger partial charge is 0.508 e. The molecule has 2 aromatic carbocycles.